The number of carbonyl (C=O) groups is 1. The van der Waals surface area contributed by atoms with Gasteiger partial charge in [0.1, 0.15) is 0 Å². The van der Waals surface area contributed by atoms with E-state index in [0.29, 0.717) is 13.0 Å². The van der Waals surface area contributed by atoms with Crippen molar-refractivity contribution in [1.29, 1.82) is 0 Å². The van der Waals surface area contributed by atoms with E-state index in [1.807, 2.05) is 31.2 Å². The molecule has 1 amide bonds. The van der Waals surface area contributed by atoms with E-state index in [-0.39, 0.29) is 24.6 Å². The van der Waals surface area contributed by atoms with Crippen LogP contribution in [-0.4, -0.2) is 37.5 Å². The van der Waals surface area contributed by atoms with Crippen LogP contribution in [0.2, 0.25) is 0 Å². The van der Waals surface area contributed by atoms with Crippen molar-refractivity contribution in [2.24, 2.45) is 0 Å². The number of benzene rings is 1. The zero-order valence-electron chi connectivity index (χ0n) is 11.6. The standard InChI is InChI=1S/C14H20N2O3S/c1-12-5-4-6-13(11-12)15-14(17)7-9-16-8-2-3-10-20(16,18)19/h4-6,11H,2-3,7-10H2,1H3,(H,15,17). The molecule has 0 atom stereocenters. The summed E-state index contributed by atoms with van der Waals surface area (Å²) in [5, 5.41) is 2.79. The molecule has 0 bridgehead atoms. The molecule has 0 aromatic heterocycles. The summed E-state index contributed by atoms with van der Waals surface area (Å²) in [4.78, 5) is 11.8. The summed E-state index contributed by atoms with van der Waals surface area (Å²) in [6, 6.07) is 7.54. The summed E-state index contributed by atoms with van der Waals surface area (Å²) >= 11 is 0. The Morgan fingerprint density at radius 2 is 2.15 bits per heavy atom. The smallest absolute Gasteiger partial charge is 0.225 e. The highest BCUT2D eigenvalue weighted by Gasteiger charge is 2.25. The normalized spacial score (nSPS) is 18.6. The van der Waals surface area contributed by atoms with Gasteiger partial charge in [-0.3, -0.25) is 4.79 Å². The highest BCUT2D eigenvalue weighted by molar-refractivity contribution is 7.89. The minimum Gasteiger partial charge on any atom is -0.326 e. The molecule has 2 rings (SSSR count). The number of hydrogen-bond donors (Lipinski definition) is 1. The van der Waals surface area contributed by atoms with Crippen molar-refractivity contribution in [1.82, 2.24) is 4.31 Å². The number of hydrogen-bond acceptors (Lipinski definition) is 3. The first-order valence-corrected chi connectivity index (χ1v) is 8.43. The zero-order chi connectivity index (χ0) is 14.6. The number of sulfonamides is 1. The van der Waals surface area contributed by atoms with Crippen molar-refractivity contribution in [2.75, 3.05) is 24.2 Å². The number of anilines is 1. The van der Waals surface area contributed by atoms with Gasteiger partial charge in [-0.05, 0) is 37.5 Å². The Bertz CT molecular complexity index is 584. The van der Waals surface area contributed by atoms with Crippen LogP contribution in [-0.2, 0) is 14.8 Å². The third-order valence-electron chi connectivity index (χ3n) is 3.34. The topological polar surface area (TPSA) is 66.5 Å². The monoisotopic (exact) mass is 296 g/mol. The van der Waals surface area contributed by atoms with Crippen molar-refractivity contribution >= 4 is 21.6 Å². The maximum atomic E-state index is 11.8. The van der Waals surface area contributed by atoms with Gasteiger partial charge in [-0.15, -0.1) is 0 Å². The highest BCUT2D eigenvalue weighted by Crippen LogP contribution is 2.14. The number of amides is 1. The molecular formula is C14H20N2O3S. The lowest BCUT2D eigenvalue weighted by Crippen LogP contribution is -2.39. The Morgan fingerprint density at radius 3 is 2.85 bits per heavy atom. The molecule has 5 nitrogen and oxygen atoms in total. The van der Waals surface area contributed by atoms with Gasteiger partial charge in [-0.1, -0.05) is 12.1 Å². The average molecular weight is 296 g/mol. The lowest BCUT2D eigenvalue weighted by molar-refractivity contribution is -0.116. The molecule has 1 aliphatic heterocycles. The highest BCUT2D eigenvalue weighted by atomic mass is 32.2. The van der Waals surface area contributed by atoms with E-state index in [1.54, 1.807) is 0 Å². The fourth-order valence-electron chi connectivity index (χ4n) is 2.26. The van der Waals surface area contributed by atoms with Crippen molar-refractivity contribution in [3.8, 4) is 0 Å². The van der Waals surface area contributed by atoms with Crippen LogP contribution in [0.1, 0.15) is 24.8 Å². The Labute approximate surface area is 120 Å². The molecule has 1 aliphatic rings. The van der Waals surface area contributed by atoms with Crippen LogP contribution in [0.3, 0.4) is 0 Å². The van der Waals surface area contributed by atoms with Crippen LogP contribution in [0.25, 0.3) is 0 Å². The van der Waals surface area contributed by atoms with Crippen LogP contribution < -0.4 is 5.32 Å². The van der Waals surface area contributed by atoms with E-state index in [9.17, 15) is 13.2 Å². The van der Waals surface area contributed by atoms with Gasteiger partial charge >= 0.3 is 0 Å². The molecule has 1 heterocycles. The first-order chi connectivity index (χ1) is 9.47. The number of nitrogens with zero attached hydrogens (tertiary/aromatic N) is 1. The van der Waals surface area contributed by atoms with Gasteiger partial charge in [-0.2, -0.15) is 0 Å². The second kappa shape index (κ2) is 6.37. The molecule has 0 radical (unpaired) electrons. The molecule has 1 aromatic carbocycles. The Hall–Kier alpha value is -1.40. The van der Waals surface area contributed by atoms with Gasteiger partial charge in [0.25, 0.3) is 0 Å². The maximum Gasteiger partial charge on any atom is 0.225 e. The van der Waals surface area contributed by atoms with Crippen LogP contribution >= 0.6 is 0 Å². The molecule has 6 heteroatoms. The van der Waals surface area contributed by atoms with Gasteiger partial charge in [0.05, 0.1) is 5.75 Å². The van der Waals surface area contributed by atoms with Crippen molar-refractivity contribution < 1.29 is 13.2 Å². The molecule has 1 N–H and O–H groups in total. The van der Waals surface area contributed by atoms with Crippen LogP contribution in [0, 0.1) is 6.92 Å². The number of carbonyl (C=O) groups excluding carboxylic acids is 1. The number of rotatable bonds is 4. The predicted octanol–water partition coefficient (Wildman–Crippen LogP) is 1.75. The second-order valence-corrected chi connectivity index (χ2v) is 7.18. The second-order valence-electron chi connectivity index (χ2n) is 5.09. The van der Waals surface area contributed by atoms with E-state index in [0.717, 1.165) is 17.7 Å². The van der Waals surface area contributed by atoms with E-state index in [2.05, 4.69) is 5.32 Å². The Morgan fingerprint density at radius 1 is 1.35 bits per heavy atom. The average Bonchev–Trinajstić information content (AvgIpc) is 2.37. The summed E-state index contributed by atoms with van der Waals surface area (Å²) in [5.41, 5.74) is 1.82. The van der Waals surface area contributed by atoms with E-state index >= 15 is 0 Å². The largest absolute Gasteiger partial charge is 0.326 e. The first kappa shape index (κ1) is 15.0. The fraction of sp³-hybridized carbons (Fsp3) is 0.500. The van der Waals surface area contributed by atoms with Gasteiger partial charge in [-0.25, -0.2) is 12.7 Å². The van der Waals surface area contributed by atoms with Gasteiger partial charge in [0, 0.05) is 25.2 Å². The van der Waals surface area contributed by atoms with Gasteiger partial charge in [0.15, 0.2) is 0 Å². The number of aryl methyl sites for hydroxylation is 1. The third-order valence-corrected chi connectivity index (χ3v) is 5.30. The lowest BCUT2D eigenvalue weighted by Gasteiger charge is -2.25. The van der Waals surface area contributed by atoms with Crippen LogP contribution in [0.15, 0.2) is 24.3 Å². The molecule has 1 aromatic rings. The molecule has 20 heavy (non-hydrogen) atoms. The SMILES string of the molecule is Cc1cccc(NC(=O)CCN2CCCCS2(=O)=O)c1. The maximum absolute atomic E-state index is 11.8. The molecule has 0 unspecified atom stereocenters. The molecule has 110 valence electrons. The summed E-state index contributed by atoms with van der Waals surface area (Å²) in [5.74, 6) is 0.0448. The Kier molecular flexibility index (Phi) is 4.77. The fourth-order valence-corrected chi connectivity index (χ4v) is 3.87. The van der Waals surface area contributed by atoms with Gasteiger partial charge in [0.2, 0.25) is 15.9 Å². The zero-order valence-corrected chi connectivity index (χ0v) is 12.4. The minimum atomic E-state index is -3.15. The lowest BCUT2D eigenvalue weighted by atomic mass is 10.2. The molecule has 0 saturated carbocycles. The minimum absolute atomic E-state index is 0.156. The first-order valence-electron chi connectivity index (χ1n) is 6.82. The molecule has 1 saturated heterocycles. The van der Waals surface area contributed by atoms with E-state index in [1.165, 1.54) is 4.31 Å². The summed E-state index contributed by atoms with van der Waals surface area (Å²) in [6.07, 6.45) is 1.78. The molecular weight excluding hydrogens is 276 g/mol. The number of nitrogens with one attached hydrogen (secondary N) is 1. The summed E-state index contributed by atoms with van der Waals surface area (Å²) < 4.78 is 25.0. The van der Waals surface area contributed by atoms with Crippen molar-refractivity contribution in [2.45, 2.75) is 26.2 Å². The van der Waals surface area contributed by atoms with Crippen molar-refractivity contribution in [3.05, 3.63) is 29.8 Å². The summed E-state index contributed by atoms with van der Waals surface area (Å²) in [7, 11) is -3.15. The summed E-state index contributed by atoms with van der Waals surface area (Å²) in [6.45, 7) is 2.75. The van der Waals surface area contributed by atoms with Crippen LogP contribution in [0.5, 0.6) is 0 Å². The predicted molar refractivity (Wildman–Crippen MR) is 79.0 cm³/mol. The van der Waals surface area contributed by atoms with Crippen molar-refractivity contribution in [3.63, 3.8) is 0 Å². The quantitative estimate of drug-likeness (QED) is 0.920. The van der Waals surface area contributed by atoms with Gasteiger partial charge < -0.3 is 5.32 Å². The molecule has 0 spiro atoms. The molecule has 0 aliphatic carbocycles. The van der Waals surface area contributed by atoms with E-state index in [4.69, 9.17) is 0 Å². The third kappa shape index (κ3) is 4.05. The van der Waals surface area contributed by atoms with E-state index < -0.39 is 10.0 Å². The molecule has 1 fully saturated rings. The van der Waals surface area contributed by atoms with Crippen LogP contribution in [0.4, 0.5) is 5.69 Å². The Balaban J connectivity index is 1.86.